The van der Waals surface area contributed by atoms with E-state index in [2.05, 4.69) is 26.2 Å². The third-order valence-electron chi connectivity index (χ3n) is 4.81. The van der Waals surface area contributed by atoms with Crippen molar-refractivity contribution in [3.8, 4) is 6.07 Å². The normalized spacial score (nSPS) is 14.7. The number of carbonyl (C=O) groups excluding carboxylic acids is 1. The highest BCUT2D eigenvalue weighted by molar-refractivity contribution is 7.13. The summed E-state index contributed by atoms with van der Waals surface area (Å²) < 4.78 is 0. The van der Waals surface area contributed by atoms with E-state index in [-0.39, 0.29) is 5.91 Å². The molecule has 3 rings (SSSR count). The molecule has 0 aliphatic carbocycles. The Kier molecular flexibility index (Phi) is 6.89. The summed E-state index contributed by atoms with van der Waals surface area (Å²) in [6, 6.07) is 7.68. The number of amides is 1. The van der Waals surface area contributed by atoms with Crippen molar-refractivity contribution in [3.05, 3.63) is 39.9 Å². The Morgan fingerprint density at radius 1 is 1.32 bits per heavy atom. The van der Waals surface area contributed by atoms with Crippen molar-refractivity contribution in [2.45, 2.75) is 20.3 Å². The quantitative estimate of drug-likeness (QED) is 0.719. The Morgan fingerprint density at radius 3 is 2.68 bits per heavy atom. The molecule has 1 amide bonds. The number of anilines is 2. The molecule has 1 aromatic carbocycles. The molecular formula is C20H24ClN5OS. The van der Waals surface area contributed by atoms with E-state index in [1.807, 2.05) is 26.0 Å². The van der Waals surface area contributed by atoms with Gasteiger partial charge in [0.25, 0.3) is 0 Å². The number of rotatable bonds is 6. The van der Waals surface area contributed by atoms with E-state index < -0.39 is 0 Å². The minimum Gasteiger partial charge on any atom is -0.346 e. The molecule has 6 nitrogen and oxygen atoms in total. The summed E-state index contributed by atoms with van der Waals surface area (Å²) in [7, 11) is 0. The maximum Gasteiger partial charge on any atom is 0.241 e. The van der Waals surface area contributed by atoms with Crippen LogP contribution in [-0.4, -0.2) is 55.1 Å². The van der Waals surface area contributed by atoms with E-state index >= 15 is 0 Å². The molecule has 28 heavy (non-hydrogen) atoms. The van der Waals surface area contributed by atoms with Crippen LogP contribution in [-0.2, 0) is 4.79 Å². The number of thiazole rings is 1. The largest absolute Gasteiger partial charge is 0.346 e. The van der Waals surface area contributed by atoms with Gasteiger partial charge in [0.15, 0.2) is 5.13 Å². The van der Waals surface area contributed by atoms with Crippen LogP contribution >= 0.6 is 22.9 Å². The van der Waals surface area contributed by atoms with Crippen molar-refractivity contribution < 1.29 is 4.79 Å². The Hall–Kier alpha value is -2.14. The van der Waals surface area contributed by atoms with Gasteiger partial charge in [-0.25, -0.2) is 4.98 Å². The maximum absolute atomic E-state index is 13.0. The van der Waals surface area contributed by atoms with Gasteiger partial charge in [-0.05, 0) is 37.6 Å². The van der Waals surface area contributed by atoms with Crippen molar-refractivity contribution in [3.63, 3.8) is 0 Å². The van der Waals surface area contributed by atoms with Gasteiger partial charge >= 0.3 is 0 Å². The molecule has 2 heterocycles. The molecule has 1 fully saturated rings. The van der Waals surface area contributed by atoms with Crippen molar-refractivity contribution in [2.75, 3.05) is 49.1 Å². The predicted octanol–water partition coefficient (Wildman–Crippen LogP) is 3.48. The van der Waals surface area contributed by atoms with Crippen LogP contribution in [0.1, 0.15) is 17.7 Å². The van der Waals surface area contributed by atoms with E-state index in [1.54, 1.807) is 22.3 Å². The average Bonchev–Trinajstić information content (AvgIpc) is 3.12. The van der Waals surface area contributed by atoms with Crippen LogP contribution in [0, 0.1) is 25.2 Å². The van der Waals surface area contributed by atoms with Gasteiger partial charge < -0.3 is 9.80 Å². The summed E-state index contributed by atoms with van der Waals surface area (Å²) in [6.45, 7) is 8.00. The Labute approximate surface area is 174 Å². The number of nitrogens with zero attached hydrogens (tertiary/aromatic N) is 5. The fourth-order valence-electron chi connectivity index (χ4n) is 3.22. The highest BCUT2D eigenvalue weighted by Gasteiger charge is 2.24. The third-order valence-corrected chi connectivity index (χ3v) is 6.25. The minimum absolute atomic E-state index is 0.00974. The second kappa shape index (κ2) is 9.37. The summed E-state index contributed by atoms with van der Waals surface area (Å²) >= 11 is 7.78. The minimum atomic E-state index is 0.00974. The van der Waals surface area contributed by atoms with Gasteiger partial charge in [-0.1, -0.05) is 11.6 Å². The van der Waals surface area contributed by atoms with Gasteiger partial charge in [0, 0.05) is 48.8 Å². The number of carbonyl (C=O) groups is 1. The molecule has 0 radical (unpaired) electrons. The predicted molar refractivity (Wildman–Crippen MR) is 114 cm³/mol. The van der Waals surface area contributed by atoms with Crippen LogP contribution in [0.15, 0.2) is 23.6 Å². The molecule has 0 bridgehead atoms. The number of hydrogen-bond acceptors (Lipinski definition) is 6. The number of aromatic nitrogens is 1. The zero-order valence-electron chi connectivity index (χ0n) is 16.2. The van der Waals surface area contributed by atoms with E-state index in [0.29, 0.717) is 24.5 Å². The number of aryl methyl sites for hydroxylation is 2. The van der Waals surface area contributed by atoms with Crippen molar-refractivity contribution in [1.29, 1.82) is 5.26 Å². The lowest BCUT2D eigenvalue weighted by Gasteiger charge is -2.35. The average molecular weight is 418 g/mol. The molecule has 1 aliphatic heterocycles. The first-order valence-electron chi connectivity index (χ1n) is 9.31. The lowest BCUT2D eigenvalue weighted by atomic mass is 10.2. The highest BCUT2D eigenvalue weighted by Crippen LogP contribution is 2.24. The van der Waals surface area contributed by atoms with Crippen LogP contribution in [0.5, 0.6) is 0 Å². The van der Waals surface area contributed by atoms with E-state index in [9.17, 15) is 4.79 Å². The fourth-order valence-corrected chi connectivity index (χ4v) is 4.19. The standard InChI is InChI=1S/C20H24ClN5OS/c1-15-12-17(4-5-18(15)21)26(7-3-6-22)19(27)13-24-8-10-25(11-9-24)20-23-16(2)14-28-20/h4-5,12,14H,3,7-11,13H2,1-2H3. The first-order valence-corrected chi connectivity index (χ1v) is 10.6. The number of hydrogen-bond donors (Lipinski definition) is 0. The first-order chi connectivity index (χ1) is 13.5. The highest BCUT2D eigenvalue weighted by atomic mass is 35.5. The zero-order valence-corrected chi connectivity index (χ0v) is 17.8. The second-order valence-electron chi connectivity index (χ2n) is 6.92. The molecule has 1 aliphatic rings. The third kappa shape index (κ3) is 5.02. The monoisotopic (exact) mass is 417 g/mol. The SMILES string of the molecule is Cc1csc(N2CCN(CC(=O)N(CCC#N)c3ccc(Cl)c(C)c3)CC2)n1. The lowest BCUT2D eigenvalue weighted by molar-refractivity contribution is -0.119. The fraction of sp³-hybridized carbons (Fsp3) is 0.450. The number of nitriles is 1. The maximum atomic E-state index is 13.0. The van der Waals surface area contributed by atoms with Gasteiger partial charge in [0.1, 0.15) is 0 Å². The Bertz CT molecular complexity index is 870. The van der Waals surface area contributed by atoms with Crippen molar-refractivity contribution in [2.24, 2.45) is 0 Å². The molecule has 148 valence electrons. The molecule has 1 saturated heterocycles. The lowest BCUT2D eigenvalue weighted by Crippen LogP contribution is -2.50. The first kappa shape index (κ1) is 20.6. The molecule has 2 aromatic rings. The van der Waals surface area contributed by atoms with Crippen molar-refractivity contribution >= 4 is 39.7 Å². The summed E-state index contributed by atoms with van der Waals surface area (Å²) in [4.78, 5) is 23.7. The van der Waals surface area contributed by atoms with Crippen LogP contribution in [0.4, 0.5) is 10.8 Å². The van der Waals surface area contributed by atoms with Gasteiger partial charge in [0.05, 0.1) is 24.7 Å². The molecular weight excluding hydrogens is 394 g/mol. The molecule has 1 aromatic heterocycles. The topological polar surface area (TPSA) is 63.5 Å². The second-order valence-corrected chi connectivity index (χ2v) is 8.17. The number of piperazine rings is 1. The van der Waals surface area contributed by atoms with Crippen LogP contribution in [0.3, 0.4) is 0 Å². The van der Waals surface area contributed by atoms with Crippen LogP contribution in [0.25, 0.3) is 0 Å². The summed E-state index contributed by atoms with van der Waals surface area (Å²) in [5.41, 5.74) is 2.75. The van der Waals surface area contributed by atoms with Crippen LogP contribution < -0.4 is 9.80 Å². The van der Waals surface area contributed by atoms with Crippen molar-refractivity contribution in [1.82, 2.24) is 9.88 Å². The van der Waals surface area contributed by atoms with Gasteiger partial charge in [-0.15, -0.1) is 11.3 Å². The molecule has 8 heteroatoms. The van der Waals surface area contributed by atoms with Gasteiger partial charge in [-0.3, -0.25) is 9.69 Å². The summed E-state index contributed by atoms with van der Waals surface area (Å²) in [6.07, 6.45) is 0.296. The van der Waals surface area contributed by atoms with E-state index in [1.165, 1.54) is 0 Å². The summed E-state index contributed by atoms with van der Waals surface area (Å²) in [5.74, 6) is 0.00974. The van der Waals surface area contributed by atoms with Crippen LogP contribution in [0.2, 0.25) is 5.02 Å². The van der Waals surface area contributed by atoms with E-state index in [4.69, 9.17) is 16.9 Å². The van der Waals surface area contributed by atoms with Gasteiger partial charge in [0.2, 0.25) is 5.91 Å². The Morgan fingerprint density at radius 2 is 2.07 bits per heavy atom. The zero-order chi connectivity index (χ0) is 20.1. The van der Waals surface area contributed by atoms with Gasteiger partial charge in [-0.2, -0.15) is 5.26 Å². The number of halogens is 1. The molecule has 0 spiro atoms. The molecule has 0 atom stereocenters. The Balaban J connectivity index is 1.62. The molecule has 0 N–H and O–H groups in total. The smallest absolute Gasteiger partial charge is 0.241 e. The summed E-state index contributed by atoms with van der Waals surface area (Å²) in [5, 5.41) is 12.8. The molecule has 0 saturated carbocycles. The molecule has 0 unspecified atom stereocenters. The number of benzene rings is 1. The van der Waals surface area contributed by atoms with E-state index in [0.717, 1.165) is 48.3 Å².